The fourth-order valence-electron chi connectivity index (χ4n) is 2.81. The second-order valence-electron chi connectivity index (χ2n) is 5.31. The van der Waals surface area contributed by atoms with Crippen molar-refractivity contribution >= 4 is 32.4 Å². The van der Waals surface area contributed by atoms with E-state index in [0.29, 0.717) is 0 Å². The van der Waals surface area contributed by atoms with Gasteiger partial charge in [0.2, 0.25) is 0 Å². The molecular weight excluding hydrogens is 314 g/mol. The third-order valence-corrected chi connectivity index (χ3v) is 4.40. The average molecular weight is 334 g/mol. The number of hydrogen-bond acceptors (Lipinski definition) is 1. The fourth-order valence-corrected chi connectivity index (χ4v) is 3.16. The first-order chi connectivity index (χ1) is 9.79. The molecule has 0 radical (unpaired) electrons. The normalized spacial score (nSPS) is 15.6. The molecule has 0 spiro atoms. The van der Waals surface area contributed by atoms with E-state index >= 15 is 0 Å². The molecule has 0 bridgehead atoms. The first kappa shape index (κ1) is 13.9. The molecule has 106 valence electrons. The monoisotopic (exact) mass is 333 g/mol. The summed E-state index contributed by atoms with van der Waals surface area (Å²) in [5.74, 6) is 0. The van der Waals surface area contributed by atoms with Crippen molar-refractivity contribution in [1.29, 1.82) is 0 Å². The van der Waals surface area contributed by atoms with Gasteiger partial charge in [-0.3, -0.25) is 0 Å². The molecule has 2 nitrogen and oxygen atoms in total. The zero-order valence-corrected chi connectivity index (χ0v) is 13.4. The Hall–Kier alpha value is -1.06. The highest BCUT2D eigenvalue weighted by Crippen LogP contribution is 2.32. The summed E-state index contributed by atoms with van der Waals surface area (Å²) in [5, 5.41) is 1.36. The average Bonchev–Trinajstić information content (AvgIpc) is 2.84. The Balaban J connectivity index is 2.09. The number of aromatic nitrogens is 1. The summed E-state index contributed by atoms with van der Waals surface area (Å²) in [4.78, 5) is 0. The summed E-state index contributed by atoms with van der Waals surface area (Å²) < 4.78 is 8.98. The van der Waals surface area contributed by atoms with E-state index in [0.717, 1.165) is 30.7 Å². The number of benzene rings is 1. The maximum atomic E-state index is 5.43. The topological polar surface area (TPSA) is 14.2 Å². The van der Waals surface area contributed by atoms with Crippen molar-refractivity contribution in [3.8, 4) is 0 Å². The van der Waals surface area contributed by atoms with Gasteiger partial charge in [-0.2, -0.15) is 0 Å². The van der Waals surface area contributed by atoms with Crippen LogP contribution in [0.1, 0.15) is 31.7 Å². The molecule has 0 atom stereocenters. The fraction of sp³-hybridized carbons (Fsp3) is 0.412. The third-order valence-electron chi connectivity index (χ3n) is 3.91. The predicted molar refractivity (Wildman–Crippen MR) is 88.0 cm³/mol. The van der Waals surface area contributed by atoms with Gasteiger partial charge in [-0.1, -0.05) is 41.4 Å². The van der Waals surface area contributed by atoms with Gasteiger partial charge >= 0.3 is 0 Å². The van der Waals surface area contributed by atoms with Crippen LogP contribution in [0.3, 0.4) is 0 Å². The van der Waals surface area contributed by atoms with Gasteiger partial charge < -0.3 is 9.30 Å². The lowest BCUT2D eigenvalue weighted by Gasteiger charge is -2.12. The molecule has 0 saturated carbocycles. The second kappa shape index (κ2) is 6.15. The summed E-state index contributed by atoms with van der Waals surface area (Å²) >= 11 is 3.59. The van der Waals surface area contributed by atoms with Crippen LogP contribution >= 0.6 is 15.9 Å². The zero-order chi connectivity index (χ0) is 13.9. The number of nitrogens with zero attached hydrogens (tertiary/aromatic N) is 1. The zero-order valence-electron chi connectivity index (χ0n) is 11.9. The lowest BCUT2D eigenvalue weighted by molar-refractivity contribution is 0.161. The van der Waals surface area contributed by atoms with Crippen molar-refractivity contribution in [2.75, 3.05) is 13.2 Å². The van der Waals surface area contributed by atoms with E-state index < -0.39 is 0 Å². The third kappa shape index (κ3) is 2.70. The van der Waals surface area contributed by atoms with Crippen molar-refractivity contribution < 1.29 is 4.74 Å². The number of unbranched alkanes of at least 4 members (excludes halogenated alkanes) is 1. The van der Waals surface area contributed by atoms with Crippen LogP contribution in [0.4, 0.5) is 0 Å². The Kier molecular flexibility index (Phi) is 4.27. The van der Waals surface area contributed by atoms with Crippen LogP contribution in [-0.2, 0) is 11.3 Å². The summed E-state index contributed by atoms with van der Waals surface area (Å²) in [6.45, 7) is 4.91. The van der Waals surface area contributed by atoms with Crippen LogP contribution in [0, 0.1) is 0 Å². The van der Waals surface area contributed by atoms with Gasteiger partial charge in [0.1, 0.15) is 0 Å². The first-order valence-corrected chi connectivity index (χ1v) is 8.14. The molecule has 1 aromatic carbocycles. The van der Waals surface area contributed by atoms with Crippen LogP contribution in [0.2, 0.25) is 0 Å². The van der Waals surface area contributed by atoms with Crippen molar-refractivity contribution in [2.24, 2.45) is 0 Å². The molecule has 0 fully saturated rings. The smallest absolute Gasteiger partial charge is 0.0653 e. The summed E-state index contributed by atoms with van der Waals surface area (Å²) in [6, 6.07) is 6.59. The molecule has 0 N–H and O–H groups in total. The SMILES string of the molecule is CCCCn1cc(C2=CCOCC2)c2ccc(Br)cc21. The first-order valence-electron chi connectivity index (χ1n) is 7.35. The highest BCUT2D eigenvalue weighted by atomic mass is 79.9. The summed E-state index contributed by atoms with van der Waals surface area (Å²) in [5.41, 5.74) is 4.14. The van der Waals surface area contributed by atoms with Gasteiger partial charge in [0.25, 0.3) is 0 Å². The Morgan fingerprint density at radius 3 is 3.00 bits per heavy atom. The van der Waals surface area contributed by atoms with E-state index in [1.54, 1.807) is 0 Å². The molecule has 3 heteroatoms. The molecule has 2 heterocycles. The highest BCUT2D eigenvalue weighted by molar-refractivity contribution is 9.10. The number of aryl methyl sites for hydroxylation is 1. The maximum Gasteiger partial charge on any atom is 0.0653 e. The molecule has 20 heavy (non-hydrogen) atoms. The van der Waals surface area contributed by atoms with Crippen LogP contribution in [0.15, 0.2) is 34.9 Å². The minimum Gasteiger partial charge on any atom is -0.377 e. The lowest BCUT2D eigenvalue weighted by atomic mass is 10.0. The number of rotatable bonds is 4. The molecule has 2 aromatic rings. The van der Waals surface area contributed by atoms with Crippen LogP contribution < -0.4 is 0 Å². The molecule has 0 unspecified atom stereocenters. The number of fused-ring (bicyclic) bond motifs is 1. The number of hydrogen-bond donors (Lipinski definition) is 0. The van der Waals surface area contributed by atoms with Gasteiger partial charge in [0.15, 0.2) is 0 Å². The van der Waals surface area contributed by atoms with Crippen LogP contribution in [0.25, 0.3) is 16.5 Å². The molecule has 0 amide bonds. The van der Waals surface area contributed by atoms with Crippen molar-refractivity contribution in [3.05, 3.63) is 40.5 Å². The second-order valence-corrected chi connectivity index (χ2v) is 6.22. The van der Waals surface area contributed by atoms with Crippen molar-refractivity contribution in [2.45, 2.75) is 32.7 Å². The van der Waals surface area contributed by atoms with Gasteiger partial charge in [-0.05, 0) is 30.5 Å². The molecule has 0 aliphatic carbocycles. The highest BCUT2D eigenvalue weighted by Gasteiger charge is 2.14. The van der Waals surface area contributed by atoms with E-state index in [1.807, 2.05) is 0 Å². The molecule has 1 aromatic heterocycles. The van der Waals surface area contributed by atoms with E-state index in [1.165, 1.54) is 34.9 Å². The van der Waals surface area contributed by atoms with Crippen molar-refractivity contribution in [1.82, 2.24) is 4.57 Å². The largest absolute Gasteiger partial charge is 0.377 e. The minimum absolute atomic E-state index is 0.744. The van der Waals surface area contributed by atoms with E-state index in [4.69, 9.17) is 4.74 Å². The van der Waals surface area contributed by atoms with E-state index in [2.05, 4.69) is 57.9 Å². The van der Waals surface area contributed by atoms with Gasteiger partial charge in [-0.25, -0.2) is 0 Å². The molecule has 0 saturated heterocycles. The molecule has 1 aliphatic heterocycles. The van der Waals surface area contributed by atoms with E-state index in [-0.39, 0.29) is 0 Å². The molecular formula is C17H20BrNO. The van der Waals surface area contributed by atoms with E-state index in [9.17, 15) is 0 Å². The summed E-state index contributed by atoms with van der Waals surface area (Å²) in [7, 11) is 0. The predicted octanol–water partition coefficient (Wildman–Crippen LogP) is 5.01. The van der Waals surface area contributed by atoms with Gasteiger partial charge in [-0.15, -0.1) is 0 Å². The van der Waals surface area contributed by atoms with Crippen molar-refractivity contribution in [3.63, 3.8) is 0 Å². The standard InChI is InChI=1S/C17H20BrNO/c1-2-3-8-19-12-16(13-6-9-20-10-7-13)15-5-4-14(18)11-17(15)19/h4-6,11-12H,2-3,7-10H2,1H3. The number of halogens is 1. The molecule has 1 aliphatic rings. The Morgan fingerprint density at radius 2 is 2.25 bits per heavy atom. The Labute approximate surface area is 128 Å². The lowest BCUT2D eigenvalue weighted by Crippen LogP contribution is -2.03. The van der Waals surface area contributed by atoms with Gasteiger partial charge in [0.05, 0.1) is 13.2 Å². The molecule has 3 rings (SSSR count). The Morgan fingerprint density at radius 1 is 1.35 bits per heavy atom. The maximum absolute atomic E-state index is 5.43. The Bertz CT molecular complexity index is 642. The minimum atomic E-state index is 0.744. The van der Waals surface area contributed by atoms with Crippen LogP contribution in [0.5, 0.6) is 0 Å². The summed E-state index contributed by atoms with van der Waals surface area (Å²) in [6.07, 6.45) is 8.01. The number of ether oxygens (including phenoxy) is 1. The quantitative estimate of drug-likeness (QED) is 0.767. The van der Waals surface area contributed by atoms with Gasteiger partial charge in [0, 0.05) is 33.7 Å². The van der Waals surface area contributed by atoms with Crippen LogP contribution in [-0.4, -0.2) is 17.8 Å².